The van der Waals surface area contributed by atoms with Crippen molar-refractivity contribution in [3.8, 4) is 5.75 Å². The van der Waals surface area contributed by atoms with Crippen LogP contribution in [-0.4, -0.2) is 35.4 Å². The van der Waals surface area contributed by atoms with Crippen LogP contribution in [0.25, 0.3) is 0 Å². The molecule has 1 atom stereocenters. The van der Waals surface area contributed by atoms with Crippen LogP contribution in [0.4, 0.5) is 0 Å². The number of aryl methyl sites for hydroxylation is 1. The van der Waals surface area contributed by atoms with Crippen LogP contribution in [0.3, 0.4) is 0 Å². The first-order chi connectivity index (χ1) is 14.4. The van der Waals surface area contributed by atoms with Crippen molar-refractivity contribution in [3.63, 3.8) is 0 Å². The molecule has 1 N–H and O–H groups in total. The Balaban J connectivity index is 1.69. The van der Waals surface area contributed by atoms with Crippen molar-refractivity contribution in [2.24, 2.45) is 0 Å². The van der Waals surface area contributed by atoms with E-state index < -0.39 is 6.04 Å². The van der Waals surface area contributed by atoms with Gasteiger partial charge in [0.05, 0.1) is 0 Å². The van der Waals surface area contributed by atoms with Gasteiger partial charge in [-0.25, -0.2) is 0 Å². The van der Waals surface area contributed by atoms with Crippen molar-refractivity contribution in [3.05, 3.63) is 64.1 Å². The van der Waals surface area contributed by atoms with Gasteiger partial charge in [-0.2, -0.15) is 0 Å². The second kappa shape index (κ2) is 10.6. The van der Waals surface area contributed by atoms with Gasteiger partial charge in [-0.05, 0) is 56.0 Å². The lowest BCUT2D eigenvalue weighted by Gasteiger charge is -2.29. The number of hydrogen-bond acceptors (Lipinski definition) is 3. The molecule has 0 aromatic heterocycles. The van der Waals surface area contributed by atoms with Gasteiger partial charge in [0.25, 0.3) is 5.91 Å². The first-order valence-electron chi connectivity index (χ1n) is 10.5. The van der Waals surface area contributed by atoms with Crippen molar-refractivity contribution in [1.29, 1.82) is 0 Å². The first kappa shape index (κ1) is 22.3. The van der Waals surface area contributed by atoms with E-state index in [1.807, 2.05) is 55.5 Å². The molecular weight excluding hydrogens is 444 g/mol. The number of carbonyl (C=O) groups excluding carboxylic acids is 2. The van der Waals surface area contributed by atoms with Crippen LogP contribution in [0, 0.1) is 6.92 Å². The van der Waals surface area contributed by atoms with Crippen molar-refractivity contribution in [1.82, 2.24) is 10.2 Å². The Morgan fingerprint density at radius 1 is 1.17 bits per heavy atom. The molecule has 0 aliphatic heterocycles. The van der Waals surface area contributed by atoms with Gasteiger partial charge in [0.2, 0.25) is 5.91 Å². The number of nitrogens with one attached hydrogen (secondary N) is 1. The molecule has 5 nitrogen and oxygen atoms in total. The third-order valence-electron chi connectivity index (χ3n) is 5.56. The average molecular weight is 473 g/mol. The van der Waals surface area contributed by atoms with E-state index in [1.165, 1.54) is 0 Å². The number of ether oxygens (including phenoxy) is 1. The molecule has 6 heteroatoms. The summed E-state index contributed by atoms with van der Waals surface area (Å²) in [6, 6.07) is 15.0. The quantitative estimate of drug-likeness (QED) is 0.609. The Labute approximate surface area is 186 Å². The smallest absolute Gasteiger partial charge is 0.261 e. The highest BCUT2D eigenvalue weighted by Crippen LogP contribution is 2.22. The van der Waals surface area contributed by atoms with Gasteiger partial charge in [-0.1, -0.05) is 59.1 Å². The van der Waals surface area contributed by atoms with E-state index in [1.54, 1.807) is 11.8 Å². The summed E-state index contributed by atoms with van der Waals surface area (Å²) in [5, 5.41) is 3.11. The SMILES string of the molecule is Cc1cc(OCC(=O)N(Cc2ccccc2)[C@H](C)C(=O)NC2CCCC2)ccc1Br. The molecule has 30 heavy (non-hydrogen) atoms. The highest BCUT2D eigenvalue weighted by molar-refractivity contribution is 9.10. The zero-order valence-corrected chi connectivity index (χ0v) is 19.2. The van der Waals surface area contributed by atoms with Crippen LogP contribution in [0.1, 0.15) is 43.7 Å². The summed E-state index contributed by atoms with van der Waals surface area (Å²) in [6.07, 6.45) is 4.31. The molecule has 1 fully saturated rings. The van der Waals surface area contributed by atoms with Crippen molar-refractivity contribution >= 4 is 27.7 Å². The van der Waals surface area contributed by atoms with Gasteiger partial charge in [0, 0.05) is 17.1 Å². The standard InChI is InChI=1S/C24H29BrN2O3/c1-17-14-21(12-13-22(17)25)30-16-23(28)27(15-19-8-4-3-5-9-19)18(2)24(29)26-20-10-6-7-11-20/h3-5,8-9,12-14,18,20H,6-7,10-11,15-16H2,1-2H3,(H,26,29)/t18-/m1/s1. The molecule has 0 bridgehead atoms. The lowest BCUT2D eigenvalue weighted by Crippen LogP contribution is -2.50. The maximum absolute atomic E-state index is 13.1. The number of amides is 2. The fourth-order valence-electron chi connectivity index (χ4n) is 3.69. The van der Waals surface area contributed by atoms with E-state index in [9.17, 15) is 9.59 Å². The van der Waals surface area contributed by atoms with E-state index in [0.717, 1.165) is 41.3 Å². The molecule has 3 rings (SSSR count). The van der Waals surface area contributed by atoms with Gasteiger partial charge in [0.15, 0.2) is 6.61 Å². The molecular formula is C24H29BrN2O3. The Morgan fingerprint density at radius 3 is 2.53 bits per heavy atom. The molecule has 2 amide bonds. The third kappa shape index (κ3) is 6.08. The number of hydrogen-bond donors (Lipinski definition) is 1. The van der Waals surface area contributed by atoms with Gasteiger partial charge < -0.3 is 15.0 Å². The Kier molecular flexibility index (Phi) is 7.91. The minimum Gasteiger partial charge on any atom is -0.484 e. The summed E-state index contributed by atoms with van der Waals surface area (Å²) in [7, 11) is 0. The second-order valence-electron chi connectivity index (χ2n) is 7.87. The molecule has 0 heterocycles. The summed E-state index contributed by atoms with van der Waals surface area (Å²) >= 11 is 3.47. The molecule has 2 aromatic rings. The number of nitrogens with zero attached hydrogens (tertiary/aromatic N) is 1. The maximum atomic E-state index is 13.1. The predicted molar refractivity (Wildman–Crippen MR) is 121 cm³/mol. The van der Waals surface area contributed by atoms with Crippen LogP contribution in [0.15, 0.2) is 53.0 Å². The third-order valence-corrected chi connectivity index (χ3v) is 6.45. The molecule has 0 radical (unpaired) electrons. The predicted octanol–water partition coefficient (Wildman–Crippen LogP) is 4.61. The van der Waals surface area contributed by atoms with Crippen LogP contribution < -0.4 is 10.1 Å². The van der Waals surface area contributed by atoms with Gasteiger partial charge in [-0.15, -0.1) is 0 Å². The Bertz CT molecular complexity index is 866. The van der Waals surface area contributed by atoms with Crippen LogP contribution in [0.2, 0.25) is 0 Å². The van der Waals surface area contributed by atoms with E-state index in [2.05, 4.69) is 21.2 Å². The van der Waals surface area contributed by atoms with Crippen molar-refractivity contribution in [2.75, 3.05) is 6.61 Å². The molecule has 160 valence electrons. The molecule has 1 aliphatic rings. The summed E-state index contributed by atoms with van der Waals surface area (Å²) in [5.74, 6) is 0.311. The molecule has 0 saturated heterocycles. The zero-order chi connectivity index (χ0) is 21.5. The number of benzene rings is 2. The lowest BCUT2D eigenvalue weighted by atomic mass is 10.1. The highest BCUT2D eigenvalue weighted by Gasteiger charge is 2.28. The summed E-state index contributed by atoms with van der Waals surface area (Å²) in [4.78, 5) is 27.5. The largest absolute Gasteiger partial charge is 0.484 e. The number of halogens is 1. The van der Waals surface area contributed by atoms with Crippen LogP contribution in [-0.2, 0) is 16.1 Å². The highest BCUT2D eigenvalue weighted by atomic mass is 79.9. The van der Waals surface area contributed by atoms with Crippen molar-refractivity contribution < 1.29 is 14.3 Å². The molecule has 2 aromatic carbocycles. The number of rotatable bonds is 8. The molecule has 1 aliphatic carbocycles. The maximum Gasteiger partial charge on any atom is 0.261 e. The minimum atomic E-state index is -0.575. The first-order valence-corrected chi connectivity index (χ1v) is 11.3. The summed E-state index contributed by atoms with van der Waals surface area (Å²) in [6.45, 7) is 4.00. The molecule has 0 unspecified atom stereocenters. The van der Waals surface area contributed by atoms with Gasteiger partial charge >= 0.3 is 0 Å². The van der Waals surface area contributed by atoms with Gasteiger partial charge in [-0.3, -0.25) is 9.59 Å². The Hall–Kier alpha value is -2.34. The monoisotopic (exact) mass is 472 g/mol. The van der Waals surface area contributed by atoms with Crippen molar-refractivity contribution in [2.45, 2.75) is 58.2 Å². The van der Waals surface area contributed by atoms with E-state index in [-0.39, 0.29) is 24.5 Å². The lowest BCUT2D eigenvalue weighted by molar-refractivity contribution is -0.142. The number of carbonyl (C=O) groups is 2. The molecule has 1 saturated carbocycles. The van der Waals surface area contributed by atoms with E-state index >= 15 is 0 Å². The fraction of sp³-hybridized carbons (Fsp3) is 0.417. The van der Waals surface area contributed by atoms with Gasteiger partial charge in [0.1, 0.15) is 11.8 Å². The van der Waals surface area contributed by atoms with E-state index in [0.29, 0.717) is 12.3 Å². The zero-order valence-electron chi connectivity index (χ0n) is 17.6. The summed E-state index contributed by atoms with van der Waals surface area (Å²) in [5.41, 5.74) is 2.01. The van der Waals surface area contributed by atoms with E-state index in [4.69, 9.17) is 4.74 Å². The second-order valence-corrected chi connectivity index (χ2v) is 8.73. The van der Waals surface area contributed by atoms with Crippen LogP contribution in [0.5, 0.6) is 5.75 Å². The Morgan fingerprint density at radius 2 is 1.87 bits per heavy atom. The van der Waals surface area contributed by atoms with Crippen LogP contribution >= 0.6 is 15.9 Å². The topological polar surface area (TPSA) is 58.6 Å². The summed E-state index contributed by atoms with van der Waals surface area (Å²) < 4.78 is 6.73. The normalized spacial score (nSPS) is 14.9. The fourth-order valence-corrected chi connectivity index (χ4v) is 3.94. The minimum absolute atomic E-state index is 0.106. The average Bonchev–Trinajstić information content (AvgIpc) is 3.26. The molecule has 0 spiro atoms.